The Morgan fingerprint density at radius 2 is 1.94 bits per heavy atom. The van der Waals surface area contributed by atoms with E-state index in [1.54, 1.807) is 17.4 Å². The zero-order chi connectivity index (χ0) is 24.1. The van der Waals surface area contributed by atoms with Gasteiger partial charge in [-0.15, -0.1) is 11.3 Å². The molecule has 4 N–H and O–H groups in total. The molecule has 0 radical (unpaired) electrons. The van der Waals surface area contributed by atoms with Crippen molar-refractivity contribution in [1.82, 2.24) is 14.9 Å². The third kappa shape index (κ3) is 4.21. The topological polar surface area (TPSA) is 99.4 Å². The van der Waals surface area contributed by atoms with Crippen LogP contribution in [0.15, 0.2) is 41.8 Å². The lowest BCUT2D eigenvalue weighted by atomic mass is 9.88. The molecule has 0 unspecified atom stereocenters. The predicted molar refractivity (Wildman–Crippen MR) is 138 cm³/mol. The van der Waals surface area contributed by atoms with Crippen molar-refractivity contribution in [2.24, 2.45) is 23.5 Å². The molecule has 10 heteroatoms. The van der Waals surface area contributed by atoms with E-state index in [4.69, 9.17) is 10.7 Å². The third-order valence-corrected chi connectivity index (χ3v) is 8.31. The van der Waals surface area contributed by atoms with E-state index in [0.717, 1.165) is 48.5 Å². The lowest BCUT2D eigenvalue weighted by Crippen LogP contribution is -2.44. The van der Waals surface area contributed by atoms with Crippen LogP contribution in [0.2, 0.25) is 0 Å². The fraction of sp³-hybridized carbons (Fsp3) is 0.400. The summed E-state index contributed by atoms with van der Waals surface area (Å²) in [5.41, 5.74) is 7.98. The number of thiophene rings is 1. The van der Waals surface area contributed by atoms with E-state index in [1.165, 1.54) is 6.07 Å². The smallest absolute Gasteiger partial charge is 0.229 e. The van der Waals surface area contributed by atoms with Crippen LogP contribution >= 0.6 is 11.3 Å². The number of hydrogen-bond acceptors (Lipinski definition) is 8. The summed E-state index contributed by atoms with van der Waals surface area (Å²) < 4.78 is 15.5. The SMILES string of the molecule is CN1CCN(c2cc(F)cc(Nc3nc(N[C@H]4[C@@H](C(N)=O)[C@@H]5C=C[C@H]4C5)c4sccc4n3)c2)CC1. The fourth-order valence-corrected chi connectivity index (χ4v) is 6.39. The number of carbonyl (C=O) groups is 1. The van der Waals surface area contributed by atoms with Gasteiger partial charge in [-0.2, -0.15) is 4.98 Å². The van der Waals surface area contributed by atoms with Gasteiger partial charge in [0.25, 0.3) is 0 Å². The summed E-state index contributed by atoms with van der Waals surface area (Å²) in [4.78, 5) is 26.0. The van der Waals surface area contributed by atoms with E-state index in [1.807, 2.05) is 17.5 Å². The molecule has 2 aromatic heterocycles. The highest BCUT2D eigenvalue weighted by molar-refractivity contribution is 7.17. The first-order valence-electron chi connectivity index (χ1n) is 11.9. The van der Waals surface area contributed by atoms with E-state index in [9.17, 15) is 9.18 Å². The molecule has 3 aromatic rings. The largest absolute Gasteiger partial charge is 0.369 e. The van der Waals surface area contributed by atoms with Gasteiger partial charge in [0.2, 0.25) is 11.9 Å². The summed E-state index contributed by atoms with van der Waals surface area (Å²) in [6, 6.07) is 6.79. The van der Waals surface area contributed by atoms with Crippen LogP contribution in [-0.4, -0.2) is 60.0 Å². The molecule has 0 spiro atoms. The van der Waals surface area contributed by atoms with Gasteiger partial charge in [0.05, 0.1) is 16.1 Å². The summed E-state index contributed by atoms with van der Waals surface area (Å²) >= 11 is 1.55. The Hall–Kier alpha value is -3.24. The van der Waals surface area contributed by atoms with E-state index < -0.39 is 0 Å². The van der Waals surface area contributed by atoms with Gasteiger partial charge in [0.15, 0.2) is 0 Å². The van der Waals surface area contributed by atoms with Crippen LogP contribution < -0.4 is 21.3 Å². The Labute approximate surface area is 207 Å². The summed E-state index contributed by atoms with van der Waals surface area (Å²) in [6.45, 7) is 3.58. The molecule has 1 saturated carbocycles. The summed E-state index contributed by atoms with van der Waals surface area (Å²) in [6.07, 6.45) is 5.20. The summed E-state index contributed by atoms with van der Waals surface area (Å²) in [5.74, 6) is 0.605. The molecule has 1 aliphatic heterocycles. The van der Waals surface area contributed by atoms with Gasteiger partial charge in [0.1, 0.15) is 11.6 Å². The molecule has 182 valence electrons. The standard InChI is InChI=1S/C25H28FN7OS/c1-32-5-7-33(8-6-32)18-12-16(26)11-17(13-18)28-25-29-19-4-9-35-22(19)24(31-25)30-21-15-3-2-14(10-15)20(21)23(27)34/h2-4,9,11-15,20-21H,5-8,10H2,1H3,(H2,27,34)(H2,28,29,30,31)/t14-,15+,20+,21-/m1/s1. The Morgan fingerprint density at radius 3 is 2.74 bits per heavy atom. The van der Waals surface area contributed by atoms with Crippen molar-refractivity contribution in [3.63, 3.8) is 0 Å². The lowest BCUT2D eigenvalue weighted by Gasteiger charge is -2.34. The molecule has 2 aliphatic carbocycles. The Balaban J connectivity index is 1.29. The van der Waals surface area contributed by atoms with Gasteiger partial charge in [-0.1, -0.05) is 12.2 Å². The van der Waals surface area contributed by atoms with E-state index >= 15 is 0 Å². The number of halogens is 1. The Kier molecular flexibility index (Phi) is 5.57. The average Bonchev–Trinajstić information content (AvgIpc) is 3.55. The van der Waals surface area contributed by atoms with Gasteiger partial charge in [-0.05, 0) is 54.9 Å². The maximum atomic E-state index is 14.5. The number of carbonyl (C=O) groups excluding carboxylic acids is 1. The minimum Gasteiger partial charge on any atom is -0.369 e. The van der Waals surface area contributed by atoms with E-state index in [2.05, 4.69) is 44.6 Å². The highest BCUT2D eigenvalue weighted by Gasteiger charge is 2.47. The second kappa shape index (κ2) is 8.76. The van der Waals surface area contributed by atoms with Crippen LogP contribution in [0.1, 0.15) is 6.42 Å². The maximum Gasteiger partial charge on any atom is 0.229 e. The predicted octanol–water partition coefficient (Wildman–Crippen LogP) is 3.41. The molecule has 35 heavy (non-hydrogen) atoms. The van der Waals surface area contributed by atoms with Gasteiger partial charge < -0.3 is 26.2 Å². The molecule has 8 nitrogen and oxygen atoms in total. The zero-order valence-electron chi connectivity index (χ0n) is 19.4. The molecule has 2 fully saturated rings. The summed E-state index contributed by atoms with van der Waals surface area (Å²) in [5, 5.41) is 8.69. The number of hydrogen-bond donors (Lipinski definition) is 3. The number of likely N-dealkylation sites (N-methyl/N-ethyl adjacent to an activating group) is 1. The second-order valence-corrected chi connectivity index (χ2v) is 10.6. The van der Waals surface area contributed by atoms with Gasteiger partial charge in [-0.25, -0.2) is 9.37 Å². The number of nitrogens with zero attached hydrogens (tertiary/aromatic N) is 4. The molecule has 6 rings (SSSR count). The maximum absolute atomic E-state index is 14.5. The number of amides is 1. The monoisotopic (exact) mass is 493 g/mol. The molecule has 1 saturated heterocycles. The van der Waals surface area contributed by atoms with Crippen molar-refractivity contribution in [2.45, 2.75) is 12.5 Å². The molecule has 2 bridgehead atoms. The first-order chi connectivity index (χ1) is 16.9. The third-order valence-electron chi connectivity index (χ3n) is 7.40. The van der Waals surface area contributed by atoms with Gasteiger partial charge in [-0.3, -0.25) is 4.79 Å². The highest BCUT2D eigenvalue weighted by atomic mass is 32.1. The van der Waals surface area contributed by atoms with Crippen molar-refractivity contribution >= 4 is 50.6 Å². The van der Waals surface area contributed by atoms with Crippen molar-refractivity contribution in [2.75, 3.05) is 48.8 Å². The van der Waals surface area contributed by atoms with Crippen LogP contribution in [0.4, 0.5) is 27.5 Å². The molecule has 3 aliphatic rings. The van der Waals surface area contributed by atoms with Crippen LogP contribution in [-0.2, 0) is 4.79 Å². The van der Waals surface area contributed by atoms with Crippen LogP contribution in [0.25, 0.3) is 10.2 Å². The van der Waals surface area contributed by atoms with Crippen LogP contribution in [0, 0.1) is 23.6 Å². The number of primary amides is 1. The molecule has 1 amide bonds. The number of rotatable bonds is 6. The lowest BCUT2D eigenvalue weighted by molar-refractivity contribution is -0.122. The fourth-order valence-electron chi connectivity index (χ4n) is 5.60. The number of nitrogens with one attached hydrogen (secondary N) is 2. The number of nitrogens with two attached hydrogens (primary N) is 1. The second-order valence-electron chi connectivity index (χ2n) is 9.69. The minimum atomic E-state index is -0.308. The van der Waals surface area contributed by atoms with Crippen LogP contribution in [0.3, 0.4) is 0 Å². The number of allylic oxidation sites excluding steroid dienone is 1. The van der Waals surface area contributed by atoms with E-state index in [0.29, 0.717) is 17.5 Å². The molecule has 3 heterocycles. The molecule has 4 atom stereocenters. The quantitative estimate of drug-likeness (QED) is 0.453. The van der Waals surface area contributed by atoms with Crippen molar-refractivity contribution in [3.8, 4) is 0 Å². The first-order valence-corrected chi connectivity index (χ1v) is 12.8. The van der Waals surface area contributed by atoms with Crippen molar-refractivity contribution in [1.29, 1.82) is 0 Å². The van der Waals surface area contributed by atoms with Crippen LogP contribution in [0.5, 0.6) is 0 Å². The number of anilines is 4. The summed E-state index contributed by atoms with van der Waals surface area (Å²) in [7, 11) is 2.10. The Morgan fingerprint density at radius 1 is 1.14 bits per heavy atom. The highest BCUT2D eigenvalue weighted by Crippen LogP contribution is 2.45. The molecular formula is C25H28FN7OS. The zero-order valence-corrected chi connectivity index (χ0v) is 20.3. The average molecular weight is 494 g/mol. The number of fused-ring (bicyclic) bond motifs is 3. The normalized spacial score (nSPS) is 25.9. The number of benzene rings is 1. The van der Waals surface area contributed by atoms with Gasteiger partial charge >= 0.3 is 0 Å². The first kappa shape index (κ1) is 22.2. The molecular weight excluding hydrogens is 465 g/mol. The van der Waals surface area contributed by atoms with Crippen molar-refractivity contribution in [3.05, 3.63) is 47.6 Å². The Bertz CT molecular complexity index is 1300. The van der Waals surface area contributed by atoms with E-state index in [-0.39, 0.29) is 35.5 Å². The number of aromatic nitrogens is 2. The number of piperazine rings is 1. The molecule has 1 aromatic carbocycles. The minimum absolute atomic E-state index is 0.103. The van der Waals surface area contributed by atoms with Crippen molar-refractivity contribution < 1.29 is 9.18 Å². The van der Waals surface area contributed by atoms with Gasteiger partial charge in [0, 0.05) is 43.6 Å².